The Morgan fingerprint density at radius 3 is 2.48 bits per heavy atom. The number of hydrogen-bond donors (Lipinski definition) is 1. The van der Waals surface area contributed by atoms with Crippen molar-refractivity contribution in [1.82, 2.24) is 5.32 Å². The van der Waals surface area contributed by atoms with Crippen LogP contribution >= 0.6 is 38.5 Å². The third-order valence-electron chi connectivity index (χ3n) is 4.74. The molecule has 3 aromatic rings. The lowest BCUT2D eigenvalue weighted by Crippen LogP contribution is -2.54. The smallest absolute Gasteiger partial charge is 0.335 e. The number of rotatable bonds is 5. The summed E-state index contributed by atoms with van der Waals surface area (Å²) in [5, 5.41) is 2.12. The highest BCUT2D eigenvalue weighted by Crippen LogP contribution is 2.29. The fraction of sp³-hybridized carbons (Fsp3) is 0.0417. The fourth-order valence-electron chi connectivity index (χ4n) is 3.14. The Kier molecular flexibility index (Phi) is 6.89. The van der Waals surface area contributed by atoms with Crippen LogP contribution in [-0.4, -0.2) is 17.8 Å². The van der Waals surface area contributed by atoms with Crippen LogP contribution in [0.2, 0.25) is 0 Å². The summed E-state index contributed by atoms with van der Waals surface area (Å²) in [6, 6.07) is 17.1. The molecule has 0 radical (unpaired) electrons. The average Bonchev–Trinajstić information content (AvgIpc) is 2.77. The van der Waals surface area contributed by atoms with Crippen molar-refractivity contribution in [2.24, 2.45) is 0 Å². The lowest BCUT2D eigenvalue weighted by molar-refractivity contribution is -0.122. The molecule has 6 nitrogen and oxygen atoms in total. The molecule has 1 aliphatic heterocycles. The molecule has 0 spiro atoms. The van der Waals surface area contributed by atoms with E-state index in [2.05, 4.69) is 43.8 Å². The molecule has 0 unspecified atom stereocenters. The Morgan fingerprint density at radius 2 is 1.79 bits per heavy atom. The van der Waals surface area contributed by atoms with E-state index in [1.54, 1.807) is 18.2 Å². The zero-order valence-electron chi connectivity index (χ0n) is 16.8. The van der Waals surface area contributed by atoms with Crippen molar-refractivity contribution in [3.8, 4) is 5.75 Å². The molecule has 1 fully saturated rings. The van der Waals surface area contributed by atoms with Gasteiger partial charge in [0.05, 0.1) is 10.2 Å². The molecule has 3 aromatic carbocycles. The maximum atomic E-state index is 13.6. The predicted octanol–water partition coefficient (Wildman–Crippen LogP) is 5.44. The molecular formula is C24H15BrFIN2O4. The van der Waals surface area contributed by atoms with Crippen molar-refractivity contribution < 1.29 is 23.5 Å². The van der Waals surface area contributed by atoms with Crippen LogP contribution in [0, 0.1) is 9.39 Å². The van der Waals surface area contributed by atoms with Crippen molar-refractivity contribution >= 4 is 68.1 Å². The van der Waals surface area contributed by atoms with Gasteiger partial charge in [0, 0.05) is 3.57 Å². The molecule has 1 saturated heterocycles. The van der Waals surface area contributed by atoms with Gasteiger partial charge in [0.25, 0.3) is 11.8 Å². The normalized spacial score (nSPS) is 15.1. The summed E-state index contributed by atoms with van der Waals surface area (Å²) in [4.78, 5) is 38.2. The Labute approximate surface area is 210 Å². The van der Waals surface area contributed by atoms with E-state index in [-0.39, 0.29) is 11.3 Å². The first-order chi connectivity index (χ1) is 15.8. The minimum atomic E-state index is -0.937. The monoisotopic (exact) mass is 620 g/mol. The molecule has 0 bridgehead atoms. The average molecular weight is 621 g/mol. The Morgan fingerprint density at radius 1 is 1.03 bits per heavy atom. The van der Waals surface area contributed by atoms with Gasteiger partial charge >= 0.3 is 6.03 Å². The fourth-order valence-corrected chi connectivity index (χ4v) is 4.01. The van der Waals surface area contributed by atoms with Gasteiger partial charge in [-0.25, -0.2) is 14.1 Å². The summed E-state index contributed by atoms with van der Waals surface area (Å²) in [6.07, 6.45) is 1.37. The molecule has 0 atom stereocenters. The largest absolute Gasteiger partial charge is 0.488 e. The zero-order chi connectivity index (χ0) is 23.5. The topological polar surface area (TPSA) is 75.7 Å². The number of carbonyl (C=O) groups excluding carboxylic acids is 3. The summed E-state index contributed by atoms with van der Waals surface area (Å²) in [7, 11) is 0. The van der Waals surface area contributed by atoms with Crippen LogP contribution in [0.4, 0.5) is 14.9 Å². The van der Waals surface area contributed by atoms with Crippen LogP contribution in [0.1, 0.15) is 11.1 Å². The number of nitrogens with one attached hydrogen (secondary N) is 1. The number of hydrogen-bond acceptors (Lipinski definition) is 4. The number of urea groups is 1. The third-order valence-corrected chi connectivity index (χ3v) is 6.08. The molecule has 1 heterocycles. The Balaban J connectivity index is 1.56. The van der Waals surface area contributed by atoms with Gasteiger partial charge in [-0.05, 0) is 98.2 Å². The summed E-state index contributed by atoms with van der Waals surface area (Å²) in [5.41, 5.74) is 1.32. The van der Waals surface area contributed by atoms with E-state index in [9.17, 15) is 18.8 Å². The van der Waals surface area contributed by atoms with Crippen molar-refractivity contribution in [1.29, 1.82) is 0 Å². The summed E-state index contributed by atoms with van der Waals surface area (Å²) in [5.74, 6) is -1.69. The second-order valence-electron chi connectivity index (χ2n) is 7.04. The quantitative estimate of drug-likeness (QED) is 0.234. The van der Waals surface area contributed by atoms with E-state index in [0.717, 1.165) is 20.1 Å². The van der Waals surface area contributed by atoms with E-state index in [1.807, 2.05) is 24.3 Å². The first-order valence-electron chi connectivity index (χ1n) is 9.65. The number of ether oxygens (including phenoxy) is 1. The molecule has 1 N–H and O–H groups in total. The number of amides is 4. The number of benzene rings is 3. The van der Waals surface area contributed by atoms with Crippen LogP contribution < -0.4 is 15.0 Å². The van der Waals surface area contributed by atoms with Gasteiger partial charge in [-0.15, -0.1) is 0 Å². The van der Waals surface area contributed by atoms with E-state index < -0.39 is 23.7 Å². The van der Waals surface area contributed by atoms with Gasteiger partial charge in [0.1, 0.15) is 23.7 Å². The lowest BCUT2D eigenvalue weighted by atomic mass is 10.1. The Hall–Kier alpha value is -3.05. The van der Waals surface area contributed by atoms with E-state index in [1.165, 1.54) is 24.3 Å². The molecular weight excluding hydrogens is 606 g/mol. The maximum Gasteiger partial charge on any atom is 0.335 e. The summed E-state index contributed by atoms with van der Waals surface area (Å²) in [6.45, 7) is 0.377. The molecule has 1 aliphatic rings. The number of nitrogens with zero attached hydrogens (tertiary/aromatic N) is 1. The molecule has 4 amide bonds. The standard InChI is InChI=1S/C24H15BrFIN2O4/c25-20-11-15(6-9-21(20)33-13-14-4-7-17(27)8-5-14)10-19-22(30)28-24(32)29(23(19)31)18-3-1-2-16(26)12-18/h1-12H,13H2,(H,28,30,32)/b19-10+. The summed E-state index contributed by atoms with van der Waals surface area (Å²) < 4.78 is 21.2. The van der Waals surface area contributed by atoms with Crippen molar-refractivity contribution in [3.63, 3.8) is 0 Å². The van der Waals surface area contributed by atoms with E-state index in [0.29, 0.717) is 22.4 Å². The third kappa shape index (κ3) is 5.31. The van der Waals surface area contributed by atoms with Crippen LogP contribution in [-0.2, 0) is 16.2 Å². The molecule has 0 aromatic heterocycles. The van der Waals surface area contributed by atoms with Gasteiger partial charge in [0.15, 0.2) is 0 Å². The molecule has 9 heteroatoms. The number of barbiturate groups is 1. The predicted molar refractivity (Wildman–Crippen MR) is 133 cm³/mol. The van der Waals surface area contributed by atoms with Crippen LogP contribution in [0.15, 0.2) is 76.8 Å². The SMILES string of the molecule is O=C1NC(=O)N(c2cccc(F)c2)C(=O)/C1=C/c1ccc(OCc2ccc(I)cc2)c(Br)c1. The number of anilines is 1. The molecule has 33 heavy (non-hydrogen) atoms. The lowest BCUT2D eigenvalue weighted by Gasteiger charge is -2.26. The highest BCUT2D eigenvalue weighted by atomic mass is 127. The number of carbonyl (C=O) groups is 3. The number of halogens is 3. The first kappa shape index (κ1) is 23.1. The minimum Gasteiger partial charge on any atom is -0.488 e. The number of imide groups is 2. The highest BCUT2D eigenvalue weighted by Gasteiger charge is 2.36. The Bertz CT molecular complexity index is 1290. The van der Waals surface area contributed by atoms with Crippen LogP contribution in [0.5, 0.6) is 5.75 Å². The van der Waals surface area contributed by atoms with E-state index >= 15 is 0 Å². The van der Waals surface area contributed by atoms with Crippen LogP contribution in [0.3, 0.4) is 0 Å². The van der Waals surface area contributed by atoms with Gasteiger partial charge in [-0.1, -0.05) is 24.3 Å². The van der Waals surface area contributed by atoms with Gasteiger partial charge in [-0.3, -0.25) is 14.9 Å². The summed E-state index contributed by atoms with van der Waals surface area (Å²) >= 11 is 5.68. The second-order valence-corrected chi connectivity index (χ2v) is 9.14. The highest BCUT2D eigenvalue weighted by molar-refractivity contribution is 14.1. The van der Waals surface area contributed by atoms with Crippen molar-refractivity contribution in [2.45, 2.75) is 6.61 Å². The first-order valence-corrected chi connectivity index (χ1v) is 11.5. The minimum absolute atomic E-state index is 0.0245. The van der Waals surface area contributed by atoms with Gasteiger partial charge in [-0.2, -0.15) is 0 Å². The van der Waals surface area contributed by atoms with Gasteiger partial charge < -0.3 is 4.74 Å². The zero-order valence-corrected chi connectivity index (χ0v) is 20.6. The van der Waals surface area contributed by atoms with Gasteiger partial charge in [0.2, 0.25) is 0 Å². The van der Waals surface area contributed by atoms with E-state index in [4.69, 9.17) is 4.74 Å². The maximum absolute atomic E-state index is 13.6. The van der Waals surface area contributed by atoms with Crippen molar-refractivity contribution in [3.05, 3.63) is 97.3 Å². The molecule has 4 rings (SSSR count). The molecule has 0 aliphatic carbocycles. The molecule has 0 saturated carbocycles. The molecule has 166 valence electrons. The van der Waals surface area contributed by atoms with Crippen LogP contribution in [0.25, 0.3) is 6.08 Å². The second kappa shape index (κ2) is 9.84. The van der Waals surface area contributed by atoms with Crippen molar-refractivity contribution in [2.75, 3.05) is 4.90 Å².